The summed E-state index contributed by atoms with van der Waals surface area (Å²) in [6.45, 7) is -0.644. The van der Waals surface area contributed by atoms with Crippen LogP contribution in [0.5, 0.6) is 0 Å². The number of nitrogens with one attached hydrogen (secondary N) is 1. The first-order valence-corrected chi connectivity index (χ1v) is 8.15. The molecule has 1 aromatic heterocycles. The van der Waals surface area contributed by atoms with Gasteiger partial charge in [0.2, 0.25) is 0 Å². The fourth-order valence-corrected chi connectivity index (χ4v) is 2.61. The molecule has 0 atom stereocenters. The van der Waals surface area contributed by atoms with E-state index in [2.05, 4.69) is 10.4 Å². The van der Waals surface area contributed by atoms with Crippen LogP contribution in [0, 0.1) is 33.4 Å². The molecule has 0 bridgehead atoms. The molecule has 29 heavy (non-hydrogen) atoms. The van der Waals surface area contributed by atoms with E-state index < -0.39 is 51.9 Å². The Labute approximate surface area is 164 Å². The number of hydrogen-bond donors (Lipinski definition) is 1. The normalized spacial score (nSPS) is 10.8. The van der Waals surface area contributed by atoms with Crippen LogP contribution < -0.4 is 5.32 Å². The molecule has 1 amide bonds. The van der Waals surface area contributed by atoms with Crippen LogP contribution in [0.25, 0.3) is 0 Å². The number of carbonyl (C=O) groups is 1. The van der Waals surface area contributed by atoms with Crippen LogP contribution >= 0.6 is 11.6 Å². The van der Waals surface area contributed by atoms with Crippen molar-refractivity contribution in [3.8, 4) is 0 Å². The number of carbonyl (C=O) groups excluding carboxylic acids is 1. The van der Waals surface area contributed by atoms with E-state index in [0.717, 1.165) is 10.7 Å². The number of nitro groups is 1. The van der Waals surface area contributed by atoms with Gasteiger partial charge in [-0.05, 0) is 12.1 Å². The largest absolute Gasteiger partial charge is 0.305 e. The molecule has 0 unspecified atom stereocenters. The van der Waals surface area contributed by atoms with E-state index in [-0.39, 0.29) is 22.5 Å². The van der Waals surface area contributed by atoms with Gasteiger partial charge in [-0.15, -0.1) is 0 Å². The van der Waals surface area contributed by atoms with Gasteiger partial charge in [-0.25, -0.2) is 17.6 Å². The lowest BCUT2D eigenvalue weighted by molar-refractivity contribution is -0.384. The van der Waals surface area contributed by atoms with Crippen molar-refractivity contribution in [2.75, 3.05) is 5.32 Å². The van der Waals surface area contributed by atoms with E-state index in [1.165, 1.54) is 24.4 Å². The highest BCUT2D eigenvalue weighted by molar-refractivity contribution is 6.32. The third-order valence-electron chi connectivity index (χ3n) is 3.81. The lowest BCUT2D eigenvalue weighted by Gasteiger charge is -2.07. The Morgan fingerprint density at radius 1 is 1.14 bits per heavy atom. The number of nitrogens with zero attached hydrogens (tertiary/aromatic N) is 3. The highest BCUT2D eigenvalue weighted by Crippen LogP contribution is 2.25. The molecule has 0 spiro atoms. The maximum absolute atomic E-state index is 13.7. The molecule has 12 heteroatoms. The minimum atomic E-state index is -1.56. The predicted octanol–water partition coefficient (Wildman–Crippen LogP) is 4.30. The first kappa shape index (κ1) is 20.3. The summed E-state index contributed by atoms with van der Waals surface area (Å²) in [4.78, 5) is 22.4. The number of benzene rings is 2. The van der Waals surface area contributed by atoms with E-state index in [4.69, 9.17) is 11.6 Å². The summed E-state index contributed by atoms with van der Waals surface area (Å²) < 4.78 is 55.0. The Hall–Kier alpha value is -3.47. The Morgan fingerprint density at radius 2 is 1.79 bits per heavy atom. The second-order valence-electron chi connectivity index (χ2n) is 5.72. The summed E-state index contributed by atoms with van der Waals surface area (Å²) in [5.41, 5.74) is -1.43. The van der Waals surface area contributed by atoms with Crippen molar-refractivity contribution >= 4 is 29.0 Å². The molecule has 0 aliphatic carbocycles. The molecule has 3 rings (SSSR count). The first-order chi connectivity index (χ1) is 13.7. The third-order valence-corrected chi connectivity index (χ3v) is 4.13. The van der Waals surface area contributed by atoms with Gasteiger partial charge >= 0.3 is 0 Å². The Kier molecular flexibility index (Phi) is 5.50. The van der Waals surface area contributed by atoms with Crippen molar-refractivity contribution in [3.05, 3.63) is 86.1 Å². The predicted molar refractivity (Wildman–Crippen MR) is 93.7 cm³/mol. The van der Waals surface area contributed by atoms with Crippen molar-refractivity contribution in [1.29, 1.82) is 0 Å². The number of hydrogen-bond acceptors (Lipinski definition) is 4. The van der Waals surface area contributed by atoms with Gasteiger partial charge in [0, 0.05) is 30.0 Å². The fourth-order valence-electron chi connectivity index (χ4n) is 2.42. The zero-order valence-electron chi connectivity index (χ0n) is 14.1. The summed E-state index contributed by atoms with van der Waals surface area (Å²) in [5, 5.41) is 16.9. The first-order valence-electron chi connectivity index (χ1n) is 7.78. The van der Waals surface area contributed by atoms with Gasteiger partial charge in [0.1, 0.15) is 5.02 Å². The average molecular weight is 429 g/mol. The Balaban J connectivity index is 1.79. The van der Waals surface area contributed by atoms with Gasteiger partial charge in [-0.3, -0.25) is 19.6 Å². The third kappa shape index (κ3) is 4.19. The molecule has 1 N–H and O–H groups in total. The Morgan fingerprint density at radius 3 is 2.41 bits per heavy atom. The van der Waals surface area contributed by atoms with Crippen LogP contribution in [0.15, 0.2) is 36.5 Å². The lowest BCUT2D eigenvalue weighted by atomic mass is 10.2. The average Bonchev–Trinajstić information content (AvgIpc) is 3.10. The molecule has 0 aliphatic heterocycles. The topological polar surface area (TPSA) is 90.1 Å². The smallest absolute Gasteiger partial charge is 0.288 e. The highest BCUT2D eigenvalue weighted by atomic mass is 35.5. The van der Waals surface area contributed by atoms with Crippen molar-refractivity contribution in [2.45, 2.75) is 6.54 Å². The standard InChI is InChI=1S/C17H9ClF4N4O3/c18-10-2-1-8(5-13(10)26(28)29)17(27)23-14-3-4-25(24-14)7-9-15(21)11(19)6-12(20)16(9)22/h1-6H,7H2,(H,23,24,27). The molecule has 0 saturated heterocycles. The summed E-state index contributed by atoms with van der Waals surface area (Å²) in [7, 11) is 0. The second kappa shape index (κ2) is 7.87. The number of nitro benzene ring substituents is 1. The zero-order chi connectivity index (χ0) is 21.3. The molecule has 0 fully saturated rings. The molecular formula is C17H9ClF4N4O3. The molecule has 7 nitrogen and oxygen atoms in total. The fraction of sp³-hybridized carbons (Fsp3) is 0.0588. The summed E-state index contributed by atoms with van der Waals surface area (Å²) in [6, 6.07) is 4.75. The summed E-state index contributed by atoms with van der Waals surface area (Å²) >= 11 is 5.68. The minimum absolute atomic E-state index is 0.0645. The van der Waals surface area contributed by atoms with E-state index in [9.17, 15) is 32.5 Å². The van der Waals surface area contributed by atoms with E-state index in [0.29, 0.717) is 0 Å². The number of anilines is 1. The molecule has 0 saturated carbocycles. The summed E-state index contributed by atoms with van der Waals surface area (Å²) in [6.07, 6.45) is 1.21. The number of amides is 1. The molecule has 2 aromatic carbocycles. The van der Waals surface area contributed by atoms with Crippen LogP contribution in [0.1, 0.15) is 15.9 Å². The van der Waals surface area contributed by atoms with Crippen molar-refractivity contribution < 1.29 is 27.3 Å². The van der Waals surface area contributed by atoms with E-state index in [1.807, 2.05) is 0 Å². The molecule has 0 aliphatic rings. The zero-order valence-corrected chi connectivity index (χ0v) is 14.9. The Bertz CT molecular complexity index is 1110. The van der Waals surface area contributed by atoms with Gasteiger partial charge < -0.3 is 5.32 Å². The maximum Gasteiger partial charge on any atom is 0.288 e. The van der Waals surface area contributed by atoms with Crippen LogP contribution in [-0.4, -0.2) is 20.6 Å². The highest BCUT2D eigenvalue weighted by Gasteiger charge is 2.20. The van der Waals surface area contributed by atoms with Crippen molar-refractivity contribution in [3.63, 3.8) is 0 Å². The molecular weight excluding hydrogens is 420 g/mol. The second-order valence-corrected chi connectivity index (χ2v) is 6.13. The van der Waals surface area contributed by atoms with Crippen LogP contribution in [0.4, 0.5) is 29.1 Å². The van der Waals surface area contributed by atoms with Gasteiger partial charge in [-0.2, -0.15) is 5.10 Å². The van der Waals surface area contributed by atoms with E-state index in [1.54, 1.807) is 0 Å². The monoisotopic (exact) mass is 428 g/mol. The van der Waals surface area contributed by atoms with Crippen LogP contribution in [-0.2, 0) is 6.54 Å². The quantitative estimate of drug-likeness (QED) is 0.284. The van der Waals surface area contributed by atoms with Crippen molar-refractivity contribution in [2.24, 2.45) is 0 Å². The van der Waals surface area contributed by atoms with Crippen LogP contribution in [0.2, 0.25) is 5.02 Å². The molecule has 150 valence electrons. The van der Waals surface area contributed by atoms with Crippen LogP contribution in [0.3, 0.4) is 0 Å². The molecule has 1 heterocycles. The molecule has 3 aromatic rings. The minimum Gasteiger partial charge on any atom is -0.305 e. The van der Waals surface area contributed by atoms with Gasteiger partial charge in [0.05, 0.1) is 17.0 Å². The lowest BCUT2D eigenvalue weighted by Crippen LogP contribution is -2.14. The number of halogens is 5. The summed E-state index contributed by atoms with van der Waals surface area (Å²) in [5.74, 6) is -7.04. The van der Waals surface area contributed by atoms with Gasteiger partial charge in [-0.1, -0.05) is 11.6 Å². The SMILES string of the molecule is O=C(Nc1ccn(Cc2c(F)c(F)cc(F)c2F)n1)c1ccc(Cl)c([N+](=O)[O-])c1. The number of aromatic nitrogens is 2. The van der Waals surface area contributed by atoms with Gasteiger partial charge in [0.25, 0.3) is 11.6 Å². The number of rotatable bonds is 5. The molecule has 0 radical (unpaired) electrons. The van der Waals surface area contributed by atoms with E-state index >= 15 is 0 Å². The van der Waals surface area contributed by atoms with Crippen molar-refractivity contribution in [1.82, 2.24) is 9.78 Å². The van der Waals surface area contributed by atoms with Gasteiger partial charge in [0.15, 0.2) is 29.1 Å². The maximum atomic E-state index is 13.7.